The number of hydrogen-bond donors (Lipinski definition) is 2. The van der Waals surface area contributed by atoms with Gasteiger partial charge in [-0.15, -0.1) is 0 Å². The fourth-order valence-electron chi connectivity index (χ4n) is 6.15. The number of benzene rings is 2. The van der Waals surface area contributed by atoms with Crippen LogP contribution in [0, 0.1) is 40.0 Å². The van der Waals surface area contributed by atoms with Crippen molar-refractivity contribution in [3.8, 4) is 11.4 Å². The minimum absolute atomic E-state index is 0.0841. The van der Waals surface area contributed by atoms with Crippen molar-refractivity contribution in [2.75, 3.05) is 17.3 Å². The first-order valence-electron chi connectivity index (χ1n) is 14.6. The van der Waals surface area contributed by atoms with Crippen molar-refractivity contribution in [3.63, 3.8) is 0 Å². The Bertz CT molecular complexity index is 1680. The second kappa shape index (κ2) is 11.5. The van der Waals surface area contributed by atoms with Gasteiger partial charge < -0.3 is 24.8 Å². The van der Waals surface area contributed by atoms with Crippen molar-refractivity contribution < 1.29 is 9.53 Å². The summed E-state index contributed by atoms with van der Waals surface area (Å²) in [6.45, 7) is 16.5. The summed E-state index contributed by atoms with van der Waals surface area (Å²) >= 11 is 6.01. The lowest BCUT2D eigenvalue weighted by molar-refractivity contribution is -0.123. The number of aryl methyl sites for hydroxylation is 4. The van der Waals surface area contributed by atoms with E-state index in [9.17, 15) is 4.79 Å². The number of amides is 1. The average Bonchev–Trinajstić information content (AvgIpc) is 3.43. The smallest absolute Gasteiger partial charge is 0.229 e. The molecular formula is C35H41N5O2S. The molecule has 5 rings (SSSR count). The molecule has 1 aliphatic rings. The number of aromatic nitrogens is 2. The number of rotatable bonds is 6. The molecule has 1 fully saturated rings. The van der Waals surface area contributed by atoms with Crippen LogP contribution in [0.25, 0.3) is 5.69 Å². The van der Waals surface area contributed by atoms with E-state index in [0.717, 1.165) is 28.3 Å². The number of thiocarbonyl (C=S) groups is 1. The number of ether oxygens (including phenoxy) is 1. The molecule has 0 aliphatic carbocycles. The van der Waals surface area contributed by atoms with Gasteiger partial charge in [0.1, 0.15) is 5.75 Å². The average molecular weight is 596 g/mol. The van der Waals surface area contributed by atoms with E-state index in [1.807, 2.05) is 63.4 Å². The van der Waals surface area contributed by atoms with Gasteiger partial charge in [-0.05, 0) is 93.9 Å². The van der Waals surface area contributed by atoms with Crippen molar-refractivity contribution in [2.24, 2.45) is 5.41 Å². The molecule has 3 heterocycles. The Kier molecular flexibility index (Phi) is 8.09. The molecule has 2 aromatic heterocycles. The third-order valence-corrected chi connectivity index (χ3v) is 8.45. The van der Waals surface area contributed by atoms with Gasteiger partial charge in [0.05, 0.1) is 36.3 Å². The fourth-order valence-corrected chi connectivity index (χ4v) is 6.49. The fraction of sp³-hybridized carbons (Fsp3) is 0.343. The van der Waals surface area contributed by atoms with Gasteiger partial charge >= 0.3 is 0 Å². The quantitative estimate of drug-likeness (QED) is 0.224. The van der Waals surface area contributed by atoms with Gasteiger partial charge in [0.2, 0.25) is 5.91 Å². The number of anilines is 2. The lowest BCUT2D eigenvalue weighted by Gasteiger charge is -2.29. The third-order valence-electron chi connectivity index (χ3n) is 8.14. The maximum Gasteiger partial charge on any atom is 0.229 e. The summed E-state index contributed by atoms with van der Waals surface area (Å²) < 4.78 is 8.13. The summed E-state index contributed by atoms with van der Waals surface area (Å²) in [5, 5.41) is 7.19. The van der Waals surface area contributed by atoms with Crippen LogP contribution in [0.1, 0.15) is 72.2 Å². The molecule has 0 unspecified atom stereocenters. The van der Waals surface area contributed by atoms with Gasteiger partial charge in [0.25, 0.3) is 0 Å². The highest BCUT2D eigenvalue weighted by atomic mass is 32.1. The first kappa shape index (κ1) is 30.3. The number of carbonyl (C=O) groups excluding carboxylic acids is 1. The van der Waals surface area contributed by atoms with Crippen LogP contribution in [0.3, 0.4) is 0 Å². The van der Waals surface area contributed by atoms with Crippen LogP contribution in [-0.4, -0.2) is 27.7 Å². The Labute approximate surface area is 260 Å². The van der Waals surface area contributed by atoms with Crippen LogP contribution in [-0.2, 0) is 4.79 Å². The topological polar surface area (TPSA) is 71.4 Å². The van der Waals surface area contributed by atoms with Crippen LogP contribution < -0.4 is 20.3 Å². The van der Waals surface area contributed by atoms with Crippen LogP contribution in [0.2, 0.25) is 0 Å². The third kappa shape index (κ3) is 5.64. The molecule has 8 heteroatoms. The first-order chi connectivity index (χ1) is 20.3. The number of nitrogens with zero attached hydrogens (tertiary/aromatic N) is 3. The minimum Gasteiger partial charge on any atom is -0.494 e. The zero-order valence-electron chi connectivity index (χ0n) is 26.5. The summed E-state index contributed by atoms with van der Waals surface area (Å²) in [6, 6.07) is 18.1. The van der Waals surface area contributed by atoms with Gasteiger partial charge in [-0.3, -0.25) is 9.78 Å². The van der Waals surface area contributed by atoms with E-state index in [1.165, 1.54) is 22.4 Å². The van der Waals surface area contributed by atoms with Crippen molar-refractivity contribution in [1.29, 1.82) is 0 Å². The van der Waals surface area contributed by atoms with Crippen molar-refractivity contribution in [1.82, 2.24) is 14.9 Å². The molecule has 7 nitrogen and oxygen atoms in total. The lowest BCUT2D eigenvalue weighted by atomic mass is 9.95. The molecule has 1 aliphatic heterocycles. The number of pyridine rings is 1. The molecule has 2 aromatic carbocycles. The van der Waals surface area contributed by atoms with E-state index in [0.29, 0.717) is 16.5 Å². The van der Waals surface area contributed by atoms with E-state index in [4.69, 9.17) is 21.9 Å². The van der Waals surface area contributed by atoms with Gasteiger partial charge in [0.15, 0.2) is 5.11 Å². The maximum absolute atomic E-state index is 12.8. The van der Waals surface area contributed by atoms with Gasteiger partial charge in [-0.1, -0.05) is 44.5 Å². The SMILES string of the molecule is COc1cc(N2C(=S)N[C@H](c3ccccn3)[C@@H]2c2cc(C)n(-c3c(C)cc(C)cc3C)c2C)ccc1NC(=O)C(C)(C)C. The Hall–Kier alpha value is -4.17. The zero-order chi connectivity index (χ0) is 31.2. The molecule has 4 aromatic rings. The molecule has 1 saturated heterocycles. The highest BCUT2D eigenvalue weighted by Gasteiger charge is 2.42. The predicted octanol–water partition coefficient (Wildman–Crippen LogP) is 7.58. The molecule has 0 saturated carbocycles. The monoisotopic (exact) mass is 595 g/mol. The van der Waals surface area contributed by atoms with E-state index in [-0.39, 0.29) is 18.0 Å². The number of hydrogen-bond acceptors (Lipinski definition) is 4. The largest absolute Gasteiger partial charge is 0.494 e. The number of nitrogens with one attached hydrogen (secondary N) is 2. The molecule has 2 N–H and O–H groups in total. The van der Waals surface area contributed by atoms with Crippen LogP contribution in [0.5, 0.6) is 5.75 Å². The number of carbonyl (C=O) groups is 1. The standard InChI is InChI=1S/C35H41N5O2S/c1-20-16-21(2)31(22(3)17-20)39-23(4)18-26(24(39)5)32-30(28-12-10-11-15-36-28)38-34(43)40(32)25-13-14-27(29(19-25)42-9)37-33(41)35(6,7)8/h10-19,30,32H,1-9H3,(H,37,41)(H,38,43)/t30-,32+/m1/s1. The second-order valence-corrected chi connectivity index (χ2v) is 12.9. The zero-order valence-corrected chi connectivity index (χ0v) is 27.3. The van der Waals surface area contributed by atoms with Crippen molar-refractivity contribution in [3.05, 3.63) is 100 Å². The molecule has 0 spiro atoms. The maximum atomic E-state index is 12.8. The molecule has 2 atom stereocenters. The highest BCUT2D eigenvalue weighted by Crippen LogP contribution is 2.45. The molecule has 0 radical (unpaired) electrons. The lowest BCUT2D eigenvalue weighted by Crippen LogP contribution is -2.30. The van der Waals surface area contributed by atoms with E-state index >= 15 is 0 Å². The highest BCUT2D eigenvalue weighted by molar-refractivity contribution is 7.80. The van der Waals surface area contributed by atoms with Crippen molar-refractivity contribution in [2.45, 2.75) is 67.5 Å². The summed E-state index contributed by atoms with van der Waals surface area (Å²) in [6.07, 6.45) is 1.82. The molecule has 1 amide bonds. The Balaban J connectivity index is 1.66. The molecule has 0 bridgehead atoms. The summed E-state index contributed by atoms with van der Waals surface area (Å²) in [5.74, 6) is 0.480. The molecule has 43 heavy (non-hydrogen) atoms. The first-order valence-corrected chi connectivity index (χ1v) is 15.0. The van der Waals surface area contributed by atoms with Crippen molar-refractivity contribution >= 4 is 34.6 Å². The van der Waals surface area contributed by atoms with Gasteiger partial charge in [0, 0.05) is 34.8 Å². The number of methoxy groups -OCH3 is 1. The van der Waals surface area contributed by atoms with E-state index in [1.54, 1.807) is 7.11 Å². The van der Waals surface area contributed by atoms with E-state index < -0.39 is 5.41 Å². The Morgan fingerprint density at radius 1 is 1.00 bits per heavy atom. The second-order valence-electron chi connectivity index (χ2n) is 12.5. The Morgan fingerprint density at radius 2 is 1.70 bits per heavy atom. The molecule has 224 valence electrons. The van der Waals surface area contributed by atoms with E-state index in [2.05, 4.69) is 72.9 Å². The minimum atomic E-state index is -0.540. The van der Waals surface area contributed by atoms with Crippen LogP contribution >= 0.6 is 12.2 Å². The summed E-state index contributed by atoms with van der Waals surface area (Å²) in [4.78, 5) is 19.6. The molecular weight excluding hydrogens is 554 g/mol. The summed E-state index contributed by atoms with van der Waals surface area (Å²) in [5.41, 5.74) is 10.2. The van der Waals surface area contributed by atoms with Crippen LogP contribution in [0.15, 0.2) is 60.8 Å². The normalized spacial score (nSPS) is 16.8. The van der Waals surface area contributed by atoms with Gasteiger partial charge in [-0.25, -0.2) is 0 Å². The van der Waals surface area contributed by atoms with Crippen LogP contribution in [0.4, 0.5) is 11.4 Å². The predicted molar refractivity (Wildman–Crippen MR) is 178 cm³/mol. The van der Waals surface area contributed by atoms with Gasteiger partial charge in [-0.2, -0.15) is 0 Å². The Morgan fingerprint density at radius 3 is 2.30 bits per heavy atom. The summed E-state index contributed by atoms with van der Waals surface area (Å²) in [7, 11) is 1.61.